The quantitative estimate of drug-likeness (QED) is 0.618. The van der Waals surface area contributed by atoms with Crippen LogP contribution in [0.3, 0.4) is 0 Å². The number of urea groups is 1. The standard InChI is InChI=1S/C14H23N3O4/c1-4-10(5-2)17(6-7-18)14(21)16-11-8-9(3)15-12(11)13(19)20/h8,10,15,18H,4-7H2,1-3H3,(H,16,21)(H,19,20). The average molecular weight is 297 g/mol. The van der Waals surface area contributed by atoms with Crippen LogP contribution in [-0.4, -0.2) is 51.3 Å². The highest BCUT2D eigenvalue weighted by Gasteiger charge is 2.23. The first-order chi connectivity index (χ1) is 9.94. The number of aromatic amines is 1. The number of hydrogen-bond donors (Lipinski definition) is 4. The Morgan fingerprint density at radius 2 is 2.00 bits per heavy atom. The number of nitrogens with zero attached hydrogens (tertiary/aromatic N) is 1. The molecule has 0 atom stereocenters. The lowest BCUT2D eigenvalue weighted by molar-refractivity contribution is 0.0692. The van der Waals surface area contributed by atoms with Gasteiger partial charge in [-0.1, -0.05) is 13.8 Å². The molecule has 0 aromatic carbocycles. The van der Waals surface area contributed by atoms with Crippen molar-refractivity contribution in [2.75, 3.05) is 18.5 Å². The van der Waals surface area contributed by atoms with E-state index in [0.717, 1.165) is 12.8 Å². The van der Waals surface area contributed by atoms with Crippen molar-refractivity contribution in [2.24, 2.45) is 0 Å². The molecule has 1 aromatic heterocycles. The van der Waals surface area contributed by atoms with Crippen LogP contribution in [0.2, 0.25) is 0 Å². The van der Waals surface area contributed by atoms with Crippen LogP contribution in [0.5, 0.6) is 0 Å². The first-order valence-corrected chi connectivity index (χ1v) is 7.05. The predicted molar refractivity (Wildman–Crippen MR) is 79.7 cm³/mol. The zero-order valence-corrected chi connectivity index (χ0v) is 12.6. The second-order valence-electron chi connectivity index (χ2n) is 4.86. The summed E-state index contributed by atoms with van der Waals surface area (Å²) in [7, 11) is 0. The number of carboxylic acids is 1. The molecule has 1 heterocycles. The lowest BCUT2D eigenvalue weighted by atomic mass is 10.1. The number of amides is 2. The van der Waals surface area contributed by atoms with Crippen LogP contribution in [0, 0.1) is 6.92 Å². The molecule has 21 heavy (non-hydrogen) atoms. The van der Waals surface area contributed by atoms with Gasteiger partial charge >= 0.3 is 12.0 Å². The Labute approximate surface area is 124 Å². The fourth-order valence-corrected chi connectivity index (χ4v) is 2.33. The number of aryl methyl sites for hydroxylation is 1. The van der Waals surface area contributed by atoms with E-state index >= 15 is 0 Å². The lowest BCUT2D eigenvalue weighted by Crippen LogP contribution is -2.44. The molecule has 7 nitrogen and oxygen atoms in total. The topological polar surface area (TPSA) is 106 Å². The number of H-pyrrole nitrogens is 1. The second-order valence-corrected chi connectivity index (χ2v) is 4.86. The van der Waals surface area contributed by atoms with Crippen LogP contribution < -0.4 is 5.32 Å². The van der Waals surface area contributed by atoms with E-state index in [0.29, 0.717) is 5.69 Å². The van der Waals surface area contributed by atoms with Gasteiger partial charge in [0.25, 0.3) is 0 Å². The fourth-order valence-electron chi connectivity index (χ4n) is 2.33. The van der Waals surface area contributed by atoms with E-state index < -0.39 is 12.0 Å². The first kappa shape index (κ1) is 17.0. The fraction of sp³-hybridized carbons (Fsp3) is 0.571. The number of aliphatic hydroxyl groups is 1. The normalized spacial score (nSPS) is 10.7. The molecule has 1 rings (SSSR count). The van der Waals surface area contributed by atoms with Gasteiger partial charge in [-0.2, -0.15) is 0 Å². The van der Waals surface area contributed by atoms with Gasteiger partial charge in [-0.15, -0.1) is 0 Å². The summed E-state index contributed by atoms with van der Waals surface area (Å²) in [6, 6.07) is 1.18. The minimum Gasteiger partial charge on any atom is -0.477 e. The maximum atomic E-state index is 12.3. The number of carbonyl (C=O) groups excluding carboxylic acids is 1. The van der Waals surface area contributed by atoms with E-state index in [9.17, 15) is 9.59 Å². The summed E-state index contributed by atoms with van der Waals surface area (Å²) in [5.74, 6) is -1.13. The zero-order chi connectivity index (χ0) is 16.0. The Hall–Kier alpha value is -2.02. The van der Waals surface area contributed by atoms with Crippen molar-refractivity contribution in [1.29, 1.82) is 0 Å². The molecule has 0 bridgehead atoms. The summed E-state index contributed by atoms with van der Waals surface area (Å²) in [4.78, 5) is 27.7. The zero-order valence-electron chi connectivity index (χ0n) is 12.6. The predicted octanol–water partition coefficient (Wildman–Crippen LogP) is 2.04. The van der Waals surface area contributed by atoms with Gasteiger partial charge in [0, 0.05) is 18.3 Å². The van der Waals surface area contributed by atoms with Crippen LogP contribution in [0.15, 0.2) is 6.07 Å². The highest BCUT2D eigenvalue weighted by Crippen LogP contribution is 2.18. The van der Waals surface area contributed by atoms with Crippen LogP contribution in [0.1, 0.15) is 42.9 Å². The molecule has 2 amide bonds. The summed E-state index contributed by atoms with van der Waals surface area (Å²) >= 11 is 0. The Kier molecular flexibility index (Phi) is 6.23. The molecule has 0 saturated carbocycles. The molecule has 0 aliphatic carbocycles. The van der Waals surface area contributed by atoms with E-state index in [1.165, 1.54) is 4.90 Å². The van der Waals surface area contributed by atoms with Gasteiger partial charge in [-0.3, -0.25) is 0 Å². The SMILES string of the molecule is CCC(CC)N(CCO)C(=O)Nc1cc(C)[nH]c1C(=O)O. The van der Waals surface area contributed by atoms with E-state index in [-0.39, 0.29) is 30.6 Å². The van der Waals surface area contributed by atoms with Crippen LogP contribution >= 0.6 is 0 Å². The Balaban J connectivity index is 2.93. The third-order valence-corrected chi connectivity index (χ3v) is 3.39. The van der Waals surface area contributed by atoms with Crippen molar-refractivity contribution >= 4 is 17.7 Å². The third-order valence-electron chi connectivity index (χ3n) is 3.39. The van der Waals surface area contributed by atoms with Crippen LogP contribution in [0.4, 0.5) is 10.5 Å². The van der Waals surface area contributed by atoms with Gasteiger partial charge in [0.15, 0.2) is 0 Å². The summed E-state index contributed by atoms with van der Waals surface area (Å²) in [5.41, 5.74) is 0.840. The molecule has 0 spiro atoms. The minimum atomic E-state index is -1.13. The summed E-state index contributed by atoms with van der Waals surface area (Å²) in [5, 5.41) is 20.8. The molecule has 7 heteroatoms. The minimum absolute atomic E-state index is 0.00506. The molecule has 118 valence electrons. The van der Waals surface area contributed by atoms with Gasteiger partial charge in [-0.05, 0) is 25.8 Å². The van der Waals surface area contributed by atoms with E-state index in [1.54, 1.807) is 13.0 Å². The molecule has 0 unspecified atom stereocenters. The van der Waals surface area contributed by atoms with Gasteiger partial charge in [-0.25, -0.2) is 9.59 Å². The Morgan fingerprint density at radius 3 is 2.48 bits per heavy atom. The Bertz CT molecular complexity index is 494. The van der Waals surface area contributed by atoms with Crippen molar-refractivity contribution in [3.63, 3.8) is 0 Å². The van der Waals surface area contributed by atoms with Gasteiger partial charge in [0.05, 0.1) is 12.3 Å². The molecule has 0 aliphatic heterocycles. The number of aromatic nitrogens is 1. The van der Waals surface area contributed by atoms with Crippen molar-refractivity contribution in [1.82, 2.24) is 9.88 Å². The summed E-state index contributed by atoms with van der Waals surface area (Å²) in [6.07, 6.45) is 1.53. The van der Waals surface area contributed by atoms with Crippen LogP contribution in [-0.2, 0) is 0 Å². The molecule has 0 radical (unpaired) electrons. The van der Waals surface area contributed by atoms with Gasteiger partial charge < -0.3 is 25.4 Å². The maximum Gasteiger partial charge on any atom is 0.354 e. The molecular weight excluding hydrogens is 274 g/mol. The van der Waals surface area contributed by atoms with Crippen LogP contribution in [0.25, 0.3) is 0 Å². The van der Waals surface area contributed by atoms with Crippen molar-refractivity contribution < 1.29 is 19.8 Å². The smallest absolute Gasteiger partial charge is 0.354 e. The monoisotopic (exact) mass is 297 g/mol. The number of aromatic carboxylic acids is 1. The molecule has 0 aliphatic rings. The molecule has 1 aromatic rings. The third kappa shape index (κ3) is 4.22. The number of aliphatic hydroxyl groups excluding tert-OH is 1. The van der Waals surface area contributed by atoms with E-state index in [1.807, 2.05) is 13.8 Å². The second kappa shape index (κ2) is 7.68. The molecular formula is C14H23N3O4. The molecule has 0 saturated heterocycles. The average Bonchev–Trinajstić information content (AvgIpc) is 2.80. The van der Waals surface area contributed by atoms with Gasteiger partial charge in [0.1, 0.15) is 5.69 Å². The summed E-state index contributed by atoms with van der Waals surface area (Å²) < 4.78 is 0. The number of hydrogen-bond acceptors (Lipinski definition) is 3. The first-order valence-electron chi connectivity index (χ1n) is 7.05. The summed E-state index contributed by atoms with van der Waals surface area (Å²) in [6.45, 7) is 5.73. The maximum absolute atomic E-state index is 12.3. The highest BCUT2D eigenvalue weighted by molar-refractivity contribution is 5.99. The lowest BCUT2D eigenvalue weighted by Gasteiger charge is -2.30. The largest absolute Gasteiger partial charge is 0.477 e. The molecule has 0 fully saturated rings. The number of anilines is 1. The molecule has 4 N–H and O–H groups in total. The number of rotatable bonds is 7. The number of carbonyl (C=O) groups is 2. The number of carboxylic acid groups (broad SMARTS) is 1. The van der Waals surface area contributed by atoms with E-state index in [4.69, 9.17) is 10.2 Å². The van der Waals surface area contributed by atoms with Gasteiger partial charge in [0.2, 0.25) is 0 Å². The highest BCUT2D eigenvalue weighted by atomic mass is 16.4. The van der Waals surface area contributed by atoms with Crippen molar-refractivity contribution in [3.05, 3.63) is 17.5 Å². The number of nitrogens with one attached hydrogen (secondary N) is 2. The Morgan fingerprint density at radius 1 is 1.38 bits per heavy atom. The van der Waals surface area contributed by atoms with Crippen molar-refractivity contribution in [2.45, 2.75) is 39.7 Å². The van der Waals surface area contributed by atoms with E-state index in [2.05, 4.69) is 10.3 Å². The van der Waals surface area contributed by atoms with Crippen molar-refractivity contribution in [3.8, 4) is 0 Å².